The molecule has 1 aromatic rings. The molecule has 0 spiro atoms. The summed E-state index contributed by atoms with van der Waals surface area (Å²) in [6.45, 7) is 0. The Hall–Kier alpha value is -0.690. The van der Waals surface area contributed by atoms with E-state index in [1.165, 1.54) is 44.1 Å². The molecular formula is C19H25ClO. The van der Waals surface area contributed by atoms with Crippen molar-refractivity contribution in [1.82, 2.24) is 0 Å². The Morgan fingerprint density at radius 2 is 1.57 bits per heavy atom. The first-order valence-electron chi connectivity index (χ1n) is 8.44. The van der Waals surface area contributed by atoms with Crippen LogP contribution in [0.15, 0.2) is 24.3 Å². The van der Waals surface area contributed by atoms with Gasteiger partial charge in [-0.3, -0.25) is 0 Å². The van der Waals surface area contributed by atoms with Crippen molar-refractivity contribution in [1.29, 1.82) is 0 Å². The van der Waals surface area contributed by atoms with Gasteiger partial charge in [-0.05, 0) is 85.8 Å². The molecule has 0 heterocycles. The van der Waals surface area contributed by atoms with Gasteiger partial charge in [0.2, 0.25) is 0 Å². The summed E-state index contributed by atoms with van der Waals surface area (Å²) in [5.41, 5.74) is 1.79. The van der Waals surface area contributed by atoms with Gasteiger partial charge in [0.25, 0.3) is 0 Å². The van der Waals surface area contributed by atoms with Gasteiger partial charge in [-0.15, -0.1) is 11.6 Å². The zero-order valence-electron chi connectivity index (χ0n) is 12.9. The summed E-state index contributed by atoms with van der Waals surface area (Å²) in [6.07, 6.45) is 9.66. The SMILES string of the molecule is COc1ccc(CC(Cl)C23CC4CC(CC(C4)C2)C3)cc1. The van der Waals surface area contributed by atoms with Crippen LogP contribution in [0.5, 0.6) is 5.75 Å². The first-order valence-corrected chi connectivity index (χ1v) is 8.87. The van der Waals surface area contributed by atoms with Crippen molar-refractivity contribution in [2.24, 2.45) is 23.2 Å². The van der Waals surface area contributed by atoms with Crippen molar-refractivity contribution < 1.29 is 4.74 Å². The third-order valence-electron chi connectivity index (χ3n) is 6.32. The number of hydrogen-bond acceptors (Lipinski definition) is 1. The maximum Gasteiger partial charge on any atom is 0.118 e. The maximum absolute atomic E-state index is 6.98. The van der Waals surface area contributed by atoms with Gasteiger partial charge < -0.3 is 4.74 Å². The number of halogens is 1. The van der Waals surface area contributed by atoms with Crippen LogP contribution in [0.1, 0.15) is 44.1 Å². The molecule has 4 aliphatic carbocycles. The normalized spacial score (nSPS) is 38.5. The van der Waals surface area contributed by atoms with Crippen LogP contribution in [-0.4, -0.2) is 12.5 Å². The monoisotopic (exact) mass is 304 g/mol. The van der Waals surface area contributed by atoms with Crippen LogP contribution >= 0.6 is 11.6 Å². The van der Waals surface area contributed by atoms with Gasteiger partial charge in [-0.1, -0.05) is 12.1 Å². The number of rotatable bonds is 4. The molecule has 1 atom stereocenters. The maximum atomic E-state index is 6.98. The van der Waals surface area contributed by atoms with Crippen molar-refractivity contribution >= 4 is 11.6 Å². The highest BCUT2D eigenvalue weighted by Gasteiger charge is 2.53. The molecule has 4 bridgehead atoms. The average molecular weight is 305 g/mol. The summed E-state index contributed by atoms with van der Waals surface area (Å²) >= 11 is 6.98. The lowest BCUT2D eigenvalue weighted by molar-refractivity contribution is -0.0545. The van der Waals surface area contributed by atoms with E-state index in [0.29, 0.717) is 10.8 Å². The lowest BCUT2D eigenvalue weighted by Crippen LogP contribution is -2.50. The molecule has 0 radical (unpaired) electrons. The van der Waals surface area contributed by atoms with Crippen LogP contribution in [-0.2, 0) is 6.42 Å². The predicted molar refractivity (Wildman–Crippen MR) is 86.9 cm³/mol. The molecule has 114 valence electrons. The van der Waals surface area contributed by atoms with E-state index in [4.69, 9.17) is 16.3 Å². The first kappa shape index (κ1) is 13.9. The highest BCUT2D eigenvalue weighted by molar-refractivity contribution is 6.21. The summed E-state index contributed by atoms with van der Waals surface area (Å²) in [6, 6.07) is 8.46. The summed E-state index contributed by atoms with van der Waals surface area (Å²) < 4.78 is 5.24. The number of hydrogen-bond donors (Lipinski definition) is 0. The van der Waals surface area contributed by atoms with Crippen LogP contribution < -0.4 is 4.74 Å². The second kappa shape index (κ2) is 5.19. The van der Waals surface area contributed by atoms with Crippen LogP contribution in [0.3, 0.4) is 0 Å². The second-order valence-electron chi connectivity index (χ2n) is 7.80. The van der Waals surface area contributed by atoms with Gasteiger partial charge >= 0.3 is 0 Å². The number of alkyl halides is 1. The van der Waals surface area contributed by atoms with Crippen molar-refractivity contribution in [3.05, 3.63) is 29.8 Å². The van der Waals surface area contributed by atoms with E-state index >= 15 is 0 Å². The standard InChI is InChI=1S/C19H25ClO/c1-21-17-4-2-13(3-5-17)9-18(20)19-10-14-6-15(11-19)8-16(7-14)12-19/h2-5,14-16,18H,6-12H2,1H3. The minimum absolute atomic E-state index is 0.305. The Morgan fingerprint density at radius 3 is 2.05 bits per heavy atom. The molecule has 0 amide bonds. The van der Waals surface area contributed by atoms with Gasteiger partial charge in [0.05, 0.1) is 7.11 Å². The van der Waals surface area contributed by atoms with Crippen LogP contribution in [0.2, 0.25) is 0 Å². The van der Waals surface area contributed by atoms with Crippen LogP contribution in [0, 0.1) is 23.2 Å². The van der Waals surface area contributed by atoms with E-state index < -0.39 is 0 Å². The fourth-order valence-corrected chi connectivity index (χ4v) is 6.19. The molecule has 2 heteroatoms. The fraction of sp³-hybridized carbons (Fsp3) is 0.684. The van der Waals surface area contributed by atoms with Crippen molar-refractivity contribution in [2.45, 2.75) is 50.3 Å². The highest BCUT2D eigenvalue weighted by Crippen LogP contribution is 2.62. The van der Waals surface area contributed by atoms with Crippen LogP contribution in [0.4, 0.5) is 0 Å². The Labute approximate surface area is 133 Å². The highest BCUT2D eigenvalue weighted by atomic mass is 35.5. The molecule has 21 heavy (non-hydrogen) atoms. The van der Waals surface area contributed by atoms with E-state index in [0.717, 1.165) is 29.9 Å². The largest absolute Gasteiger partial charge is 0.497 e. The number of methoxy groups -OCH3 is 1. The van der Waals surface area contributed by atoms with Crippen molar-refractivity contribution in [2.75, 3.05) is 7.11 Å². The predicted octanol–water partition coefficient (Wildman–Crippen LogP) is 5.06. The molecule has 4 saturated carbocycles. The number of benzene rings is 1. The molecule has 1 aromatic carbocycles. The Kier molecular flexibility index (Phi) is 3.45. The summed E-state index contributed by atoms with van der Waals surface area (Å²) in [4.78, 5) is 0. The fourth-order valence-electron chi connectivity index (χ4n) is 5.75. The molecule has 0 aliphatic heterocycles. The minimum Gasteiger partial charge on any atom is -0.497 e. The Bertz CT molecular complexity index is 472. The molecule has 1 nitrogen and oxygen atoms in total. The number of ether oxygens (including phenoxy) is 1. The quantitative estimate of drug-likeness (QED) is 0.706. The Morgan fingerprint density at radius 1 is 1.05 bits per heavy atom. The van der Waals surface area contributed by atoms with Crippen molar-refractivity contribution in [3.63, 3.8) is 0 Å². The molecule has 4 aliphatic rings. The van der Waals surface area contributed by atoms with Gasteiger partial charge in [-0.25, -0.2) is 0 Å². The van der Waals surface area contributed by atoms with Gasteiger partial charge in [0.15, 0.2) is 0 Å². The van der Waals surface area contributed by atoms with Crippen molar-refractivity contribution in [3.8, 4) is 5.75 Å². The zero-order chi connectivity index (χ0) is 14.4. The summed E-state index contributed by atoms with van der Waals surface area (Å²) in [5.74, 6) is 3.87. The zero-order valence-corrected chi connectivity index (χ0v) is 13.6. The molecular weight excluding hydrogens is 280 g/mol. The molecule has 4 fully saturated rings. The lowest BCUT2D eigenvalue weighted by atomic mass is 9.48. The van der Waals surface area contributed by atoms with E-state index in [2.05, 4.69) is 24.3 Å². The van der Waals surface area contributed by atoms with E-state index in [1.807, 2.05) is 0 Å². The van der Waals surface area contributed by atoms with Gasteiger partial charge in [0, 0.05) is 5.38 Å². The molecule has 5 rings (SSSR count). The molecule has 0 saturated heterocycles. The molecule has 0 N–H and O–H groups in total. The summed E-state index contributed by atoms with van der Waals surface area (Å²) in [7, 11) is 1.72. The minimum atomic E-state index is 0.305. The third kappa shape index (κ3) is 2.48. The van der Waals surface area contributed by atoms with E-state index in [-0.39, 0.29) is 0 Å². The summed E-state index contributed by atoms with van der Waals surface area (Å²) in [5, 5.41) is 0.305. The Balaban J connectivity index is 1.50. The van der Waals surface area contributed by atoms with E-state index in [9.17, 15) is 0 Å². The van der Waals surface area contributed by atoms with Gasteiger partial charge in [-0.2, -0.15) is 0 Å². The van der Waals surface area contributed by atoms with Crippen LogP contribution in [0.25, 0.3) is 0 Å². The van der Waals surface area contributed by atoms with E-state index in [1.54, 1.807) is 7.11 Å². The second-order valence-corrected chi connectivity index (χ2v) is 8.33. The first-order chi connectivity index (χ1) is 10.2. The molecule has 1 unspecified atom stereocenters. The lowest BCUT2D eigenvalue weighted by Gasteiger charge is -2.58. The third-order valence-corrected chi connectivity index (χ3v) is 6.94. The average Bonchev–Trinajstić information content (AvgIpc) is 2.46. The molecule has 0 aromatic heterocycles. The smallest absolute Gasteiger partial charge is 0.118 e. The van der Waals surface area contributed by atoms with Gasteiger partial charge in [0.1, 0.15) is 5.75 Å². The topological polar surface area (TPSA) is 9.23 Å².